The molecule has 3 aromatic carbocycles. The van der Waals surface area contributed by atoms with E-state index in [0.29, 0.717) is 38.4 Å². The van der Waals surface area contributed by atoms with E-state index in [0.717, 1.165) is 5.56 Å². The van der Waals surface area contributed by atoms with Gasteiger partial charge >= 0.3 is 0 Å². The molecule has 0 aliphatic carbocycles. The molecule has 0 radical (unpaired) electrons. The maximum atomic E-state index is 12.2. The Kier molecular flexibility index (Phi) is 7.92. The number of methoxy groups -OCH3 is 1. The monoisotopic (exact) mass is 469 g/mol. The van der Waals surface area contributed by atoms with E-state index in [-0.39, 0.29) is 18.3 Å². The highest BCUT2D eigenvalue weighted by atomic mass is 35.5. The van der Waals surface area contributed by atoms with Crippen LogP contribution in [-0.4, -0.2) is 18.8 Å². The fourth-order valence-corrected chi connectivity index (χ4v) is 3.38. The molecule has 164 valence electrons. The third-order valence-corrected chi connectivity index (χ3v) is 5.32. The molecule has 0 fully saturated rings. The van der Waals surface area contributed by atoms with Crippen molar-refractivity contribution in [1.82, 2.24) is 0 Å². The minimum absolute atomic E-state index is 0.0286. The topological polar surface area (TPSA) is 64.6 Å². The molecule has 0 spiro atoms. The van der Waals surface area contributed by atoms with Crippen LogP contribution >= 0.6 is 23.2 Å². The molecule has 0 aliphatic heterocycles. The SMILES string of the molecule is COc1cc(C=CC(=O)Nc2ccc(C(C)=O)cc2)ccc1OCc1c(Cl)cccc1Cl. The van der Waals surface area contributed by atoms with Crippen LogP contribution in [0.2, 0.25) is 10.0 Å². The van der Waals surface area contributed by atoms with Crippen molar-refractivity contribution in [1.29, 1.82) is 0 Å². The zero-order chi connectivity index (χ0) is 23.1. The number of amides is 1. The Hall–Kier alpha value is -3.28. The van der Waals surface area contributed by atoms with Crippen molar-refractivity contribution in [2.24, 2.45) is 0 Å². The van der Waals surface area contributed by atoms with E-state index >= 15 is 0 Å². The van der Waals surface area contributed by atoms with Crippen molar-refractivity contribution in [3.63, 3.8) is 0 Å². The molecule has 0 heterocycles. The normalized spacial score (nSPS) is 10.8. The molecule has 0 unspecified atom stereocenters. The van der Waals surface area contributed by atoms with E-state index in [2.05, 4.69) is 5.32 Å². The number of anilines is 1. The van der Waals surface area contributed by atoms with E-state index < -0.39 is 0 Å². The number of Topliss-reactive ketones (excluding diaryl/α,β-unsaturated/α-hetero) is 1. The molecule has 7 heteroatoms. The largest absolute Gasteiger partial charge is 0.493 e. The first-order valence-electron chi connectivity index (χ1n) is 9.71. The van der Waals surface area contributed by atoms with E-state index in [9.17, 15) is 9.59 Å². The molecule has 0 aromatic heterocycles. The number of ketones is 1. The number of carbonyl (C=O) groups excluding carboxylic acids is 2. The van der Waals surface area contributed by atoms with Crippen molar-refractivity contribution < 1.29 is 19.1 Å². The Morgan fingerprint density at radius 1 is 0.969 bits per heavy atom. The van der Waals surface area contributed by atoms with Gasteiger partial charge in [-0.15, -0.1) is 0 Å². The highest BCUT2D eigenvalue weighted by Gasteiger charge is 2.10. The van der Waals surface area contributed by atoms with Crippen LogP contribution in [0.3, 0.4) is 0 Å². The number of hydrogen-bond acceptors (Lipinski definition) is 4. The molecule has 3 aromatic rings. The summed E-state index contributed by atoms with van der Waals surface area (Å²) in [7, 11) is 1.54. The summed E-state index contributed by atoms with van der Waals surface area (Å²) in [6.45, 7) is 1.68. The summed E-state index contributed by atoms with van der Waals surface area (Å²) in [5.41, 5.74) is 2.64. The van der Waals surface area contributed by atoms with Gasteiger partial charge in [0.25, 0.3) is 0 Å². The van der Waals surface area contributed by atoms with Gasteiger partial charge in [-0.3, -0.25) is 9.59 Å². The lowest BCUT2D eigenvalue weighted by molar-refractivity contribution is -0.111. The number of nitrogens with one attached hydrogen (secondary N) is 1. The highest BCUT2D eigenvalue weighted by Crippen LogP contribution is 2.31. The Morgan fingerprint density at radius 3 is 2.28 bits per heavy atom. The van der Waals surface area contributed by atoms with Crippen molar-refractivity contribution in [2.45, 2.75) is 13.5 Å². The van der Waals surface area contributed by atoms with Gasteiger partial charge in [-0.05, 0) is 67.1 Å². The number of rotatable bonds is 8. The lowest BCUT2D eigenvalue weighted by Crippen LogP contribution is -2.07. The molecule has 0 saturated carbocycles. The molecule has 0 aliphatic rings. The summed E-state index contributed by atoms with van der Waals surface area (Å²) in [4.78, 5) is 23.5. The molecule has 0 saturated heterocycles. The molecule has 0 bridgehead atoms. The number of carbonyl (C=O) groups is 2. The van der Waals surface area contributed by atoms with Crippen LogP contribution in [0.4, 0.5) is 5.69 Å². The Morgan fingerprint density at radius 2 is 1.66 bits per heavy atom. The van der Waals surface area contributed by atoms with Gasteiger partial charge in [-0.1, -0.05) is 35.3 Å². The molecule has 5 nitrogen and oxygen atoms in total. The van der Waals surface area contributed by atoms with Crippen LogP contribution in [0.1, 0.15) is 28.4 Å². The fraction of sp³-hybridized carbons (Fsp3) is 0.120. The molecule has 32 heavy (non-hydrogen) atoms. The van der Waals surface area contributed by atoms with Crippen molar-refractivity contribution in [2.75, 3.05) is 12.4 Å². The van der Waals surface area contributed by atoms with Crippen LogP contribution in [0, 0.1) is 0 Å². The third kappa shape index (κ3) is 6.13. The maximum Gasteiger partial charge on any atom is 0.248 e. The van der Waals surface area contributed by atoms with Gasteiger partial charge in [0.15, 0.2) is 17.3 Å². The van der Waals surface area contributed by atoms with E-state index in [1.165, 1.54) is 20.1 Å². The van der Waals surface area contributed by atoms with Gasteiger partial charge < -0.3 is 14.8 Å². The lowest BCUT2D eigenvalue weighted by atomic mass is 10.1. The van der Waals surface area contributed by atoms with E-state index in [1.54, 1.807) is 66.7 Å². The first-order chi connectivity index (χ1) is 15.4. The van der Waals surface area contributed by atoms with Gasteiger partial charge in [0.2, 0.25) is 5.91 Å². The van der Waals surface area contributed by atoms with Crippen molar-refractivity contribution in [3.05, 3.63) is 93.5 Å². The number of halogens is 2. The van der Waals surface area contributed by atoms with Gasteiger partial charge in [-0.25, -0.2) is 0 Å². The Bertz CT molecular complexity index is 1140. The predicted molar refractivity (Wildman–Crippen MR) is 128 cm³/mol. The Balaban J connectivity index is 1.65. The predicted octanol–water partition coefficient (Wildman–Crippen LogP) is 6.44. The number of benzene rings is 3. The highest BCUT2D eigenvalue weighted by molar-refractivity contribution is 6.35. The van der Waals surface area contributed by atoms with Crippen LogP contribution < -0.4 is 14.8 Å². The van der Waals surface area contributed by atoms with Crippen LogP contribution in [0.15, 0.2) is 66.7 Å². The van der Waals surface area contributed by atoms with Crippen LogP contribution in [0.25, 0.3) is 6.08 Å². The summed E-state index contributed by atoms with van der Waals surface area (Å²) in [6.07, 6.45) is 3.08. The average molecular weight is 470 g/mol. The molecular formula is C25H21Cl2NO4. The van der Waals surface area contributed by atoms with Crippen molar-refractivity contribution >= 4 is 46.7 Å². The number of hydrogen-bond donors (Lipinski definition) is 1. The summed E-state index contributed by atoms with van der Waals surface area (Å²) in [5, 5.41) is 3.80. The Labute approximate surface area is 196 Å². The summed E-state index contributed by atoms with van der Waals surface area (Å²) in [5.74, 6) is 0.707. The lowest BCUT2D eigenvalue weighted by Gasteiger charge is -2.13. The second-order valence-corrected chi connectivity index (χ2v) is 7.67. The van der Waals surface area contributed by atoms with Gasteiger partial charge in [0.1, 0.15) is 6.61 Å². The minimum atomic E-state index is -0.298. The molecule has 3 rings (SSSR count). The second kappa shape index (κ2) is 10.8. The van der Waals surface area contributed by atoms with Gasteiger partial charge in [0.05, 0.1) is 7.11 Å². The minimum Gasteiger partial charge on any atom is -0.493 e. The smallest absolute Gasteiger partial charge is 0.248 e. The zero-order valence-electron chi connectivity index (χ0n) is 17.5. The second-order valence-electron chi connectivity index (χ2n) is 6.86. The molecular weight excluding hydrogens is 449 g/mol. The first-order valence-corrected chi connectivity index (χ1v) is 10.5. The summed E-state index contributed by atoms with van der Waals surface area (Å²) in [6, 6.07) is 17.3. The van der Waals surface area contributed by atoms with Crippen molar-refractivity contribution in [3.8, 4) is 11.5 Å². The molecule has 1 amide bonds. The molecule has 1 N–H and O–H groups in total. The van der Waals surface area contributed by atoms with Gasteiger partial charge in [-0.2, -0.15) is 0 Å². The summed E-state index contributed by atoms with van der Waals surface area (Å²) < 4.78 is 11.3. The molecule has 0 atom stereocenters. The van der Waals surface area contributed by atoms with E-state index in [4.69, 9.17) is 32.7 Å². The quantitative estimate of drug-likeness (QED) is 0.304. The summed E-state index contributed by atoms with van der Waals surface area (Å²) >= 11 is 12.4. The fourth-order valence-electron chi connectivity index (χ4n) is 2.87. The third-order valence-electron chi connectivity index (χ3n) is 4.61. The average Bonchev–Trinajstić information content (AvgIpc) is 2.78. The van der Waals surface area contributed by atoms with Crippen LogP contribution in [0.5, 0.6) is 11.5 Å². The van der Waals surface area contributed by atoms with E-state index in [1.807, 2.05) is 0 Å². The number of ether oxygens (including phenoxy) is 2. The first kappa shape index (κ1) is 23.4. The van der Waals surface area contributed by atoms with Gasteiger partial charge in [0, 0.05) is 32.9 Å². The maximum absolute atomic E-state index is 12.2. The standard InChI is InChI=1S/C25H21Cl2NO4/c1-16(29)18-8-10-19(11-9-18)28-25(30)13-7-17-6-12-23(24(14-17)31-2)32-15-20-21(26)4-3-5-22(20)27/h3-14H,15H2,1-2H3,(H,28,30). The van der Waals surface area contributed by atoms with Crippen LogP contribution in [-0.2, 0) is 11.4 Å². The zero-order valence-corrected chi connectivity index (χ0v) is 19.0.